The summed E-state index contributed by atoms with van der Waals surface area (Å²) in [6, 6.07) is 39.7. The molecule has 2 N–H and O–H groups in total. The van der Waals surface area contributed by atoms with Crippen molar-refractivity contribution in [2.45, 2.75) is 9.96 Å². The molecule has 0 fully saturated rings. The van der Waals surface area contributed by atoms with Gasteiger partial charge in [0.15, 0.2) is 5.75 Å². The van der Waals surface area contributed by atoms with Crippen LogP contribution in [0.3, 0.4) is 0 Å². The molecule has 0 saturated carbocycles. The molecule has 1 unspecified atom stereocenters. The molecular formula is C41H28Br2Cl2Cs2F2N4O5. The minimum absolute atomic E-state index is 0. The molecule has 17 heteroatoms. The summed E-state index contributed by atoms with van der Waals surface area (Å²) in [4.78, 5) is 22.7. The van der Waals surface area contributed by atoms with E-state index in [9.17, 15) is 13.9 Å². The second kappa shape index (κ2) is 23.9. The van der Waals surface area contributed by atoms with E-state index in [4.69, 9.17) is 38.0 Å². The molecule has 4 aromatic heterocycles. The molecule has 0 amide bonds. The molecule has 1 atom stereocenters. The van der Waals surface area contributed by atoms with Crippen molar-refractivity contribution in [3.05, 3.63) is 167 Å². The Labute approximate surface area is 477 Å². The zero-order valence-electron chi connectivity index (χ0n) is 31.6. The molecule has 286 valence electrons. The van der Waals surface area contributed by atoms with Crippen molar-refractivity contribution in [2.75, 3.05) is 0 Å². The van der Waals surface area contributed by atoms with Crippen LogP contribution in [0.5, 0.6) is 11.5 Å². The van der Waals surface area contributed by atoms with Gasteiger partial charge in [0.1, 0.15) is 39.1 Å². The molecule has 1 aliphatic heterocycles. The van der Waals surface area contributed by atoms with E-state index in [1.54, 1.807) is 36.4 Å². The fraction of sp³-hybridized carbons (Fsp3) is 0.0488. The molecule has 9 nitrogen and oxygen atoms in total. The number of aromatic amines is 1. The second-order valence-electron chi connectivity index (χ2n) is 11.7. The first-order valence-corrected chi connectivity index (χ1v) is 19.0. The van der Waals surface area contributed by atoms with Crippen LogP contribution in [0.15, 0.2) is 133 Å². The minimum atomic E-state index is -0.397. The largest absolute Gasteiger partial charge is 1.00 e. The number of benzene rings is 4. The number of aromatic hydroxyl groups is 1. The fourth-order valence-corrected chi connectivity index (χ4v) is 6.73. The maximum absolute atomic E-state index is 14.4. The number of nitrogens with zero attached hydrogens (tertiary/aromatic N) is 3. The van der Waals surface area contributed by atoms with Crippen LogP contribution in [0.4, 0.5) is 8.78 Å². The van der Waals surface area contributed by atoms with Crippen LogP contribution in [0, 0.1) is 11.6 Å². The summed E-state index contributed by atoms with van der Waals surface area (Å²) in [5.41, 5.74) is 5.87. The number of nitrogens with one attached hydrogen (secondary N) is 1. The van der Waals surface area contributed by atoms with Gasteiger partial charge in [-0.1, -0.05) is 128 Å². The van der Waals surface area contributed by atoms with Gasteiger partial charge < -0.3 is 26.4 Å². The number of H-pyrrole nitrogens is 1. The Bertz CT molecular complexity index is 2620. The van der Waals surface area contributed by atoms with Gasteiger partial charge in [0.05, 0.1) is 20.6 Å². The van der Waals surface area contributed by atoms with Crippen LogP contribution in [-0.2, 0) is 9.68 Å². The normalized spacial score (nSPS) is 12.0. The minimum Gasteiger partial charge on any atom is -1.00 e. The number of aromatic nitrogens is 4. The van der Waals surface area contributed by atoms with Gasteiger partial charge in [0.25, 0.3) is 6.47 Å². The summed E-state index contributed by atoms with van der Waals surface area (Å²) in [7, 11) is 0. The molecule has 0 aliphatic carbocycles. The first-order valence-electron chi connectivity index (χ1n) is 16.5. The number of pyridine rings is 2. The van der Waals surface area contributed by atoms with Crippen LogP contribution in [0.25, 0.3) is 44.6 Å². The van der Waals surface area contributed by atoms with Gasteiger partial charge in [-0.2, -0.15) is 0 Å². The smallest absolute Gasteiger partial charge is 1.00 e. The molecule has 5 heterocycles. The predicted molar refractivity (Wildman–Crippen MR) is 219 cm³/mol. The van der Waals surface area contributed by atoms with Crippen molar-refractivity contribution in [1.29, 1.82) is 0 Å². The average molecular weight is 1190 g/mol. The fourth-order valence-electron chi connectivity index (χ4n) is 5.83. The van der Waals surface area contributed by atoms with Crippen LogP contribution >= 0.6 is 55.1 Å². The topological polar surface area (TPSA) is 125 Å². The van der Waals surface area contributed by atoms with Gasteiger partial charge in [-0.15, -0.1) is 0 Å². The molecule has 9 rings (SSSR count). The SMILES string of the molecule is BrC(Br)c1ccccc1.Fc1cccc2c1cc1n2C(c2ccccc2)Oc2ccc(Cl)nc2-1.O=CO[O-].Oc1ccc(Cl)nc1-c1cc2c(F)cccc2[nH]1.[Cs+].[Cs+].[H-]. The molecule has 0 bridgehead atoms. The van der Waals surface area contributed by atoms with Crippen LogP contribution < -0.4 is 148 Å². The van der Waals surface area contributed by atoms with Crippen molar-refractivity contribution in [2.24, 2.45) is 0 Å². The number of fused-ring (bicyclic) bond motifs is 6. The maximum Gasteiger partial charge on any atom is 1.00 e. The molecule has 8 aromatic rings. The molecule has 1 aliphatic rings. The third kappa shape index (κ3) is 12.2. The van der Waals surface area contributed by atoms with Gasteiger partial charge in [-0.3, -0.25) is 9.36 Å². The summed E-state index contributed by atoms with van der Waals surface area (Å²) < 4.78 is 36.4. The number of carbonyl (C=O) groups is 1. The van der Waals surface area contributed by atoms with Crippen molar-refractivity contribution in [1.82, 2.24) is 19.5 Å². The number of ether oxygens (including phenoxy) is 1. The second-order valence-corrected chi connectivity index (χ2v) is 15.6. The van der Waals surface area contributed by atoms with E-state index >= 15 is 0 Å². The third-order valence-electron chi connectivity index (χ3n) is 8.25. The van der Waals surface area contributed by atoms with E-state index in [1.807, 2.05) is 65.2 Å². The van der Waals surface area contributed by atoms with Crippen LogP contribution in [0.1, 0.15) is 22.5 Å². The van der Waals surface area contributed by atoms with E-state index in [2.05, 4.69) is 63.8 Å². The summed E-state index contributed by atoms with van der Waals surface area (Å²) >= 11 is 18.7. The van der Waals surface area contributed by atoms with Gasteiger partial charge in [-0.25, -0.2) is 18.7 Å². The maximum atomic E-state index is 14.4. The summed E-state index contributed by atoms with van der Waals surface area (Å²) in [5.74, 6) is 0.0339. The first-order chi connectivity index (χ1) is 27.1. The van der Waals surface area contributed by atoms with Crippen molar-refractivity contribution in [3.8, 4) is 34.3 Å². The van der Waals surface area contributed by atoms with E-state index in [0.29, 0.717) is 44.3 Å². The zero-order chi connectivity index (χ0) is 39.8. The Kier molecular flexibility index (Phi) is 20.3. The van der Waals surface area contributed by atoms with Gasteiger partial charge in [0.2, 0.25) is 6.23 Å². The molecule has 0 radical (unpaired) electrons. The summed E-state index contributed by atoms with van der Waals surface area (Å²) in [5, 5.41) is 19.8. The van der Waals surface area contributed by atoms with Crippen molar-refractivity contribution in [3.63, 3.8) is 0 Å². The van der Waals surface area contributed by atoms with Crippen molar-refractivity contribution < 1.29 is 173 Å². The Morgan fingerprint density at radius 2 is 1.40 bits per heavy atom. The van der Waals surface area contributed by atoms with Gasteiger partial charge in [-0.05, 0) is 66.2 Å². The molecular weight excluding hydrogens is 1160 g/mol. The van der Waals surface area contributed by atoms with E-state index < -0.39 is 6.23 Å². The number of carbonyl (C=O) groups excluding carboxylic acids is 1. The third-order valence-corrected chi connectivity index (χ3v) is 9.73. The zero-order valence-corrected chi connectivity index (χ0v) is 47.9. The summed E-state index contributed by atoms with van der Waals surface area (Å²) in [6.07, 6.45) is -0.397. The average Bonchev–Trinajstić information content (AvgIpc) is 3.84. The molecule has 58 heavy (non-hydrogen) atoms. The van der Waals surface area contributed by atoms with Gasteiger partial charge >= 0.3 is 138 Å². The van der Waals surface area contributed by atoms with E-state index in [0.717, 1.165) is 16.8 Å². The Morgan fingerprint density at radius 1 is 0.810 bits per heavy atom. The standard InChI is InChI=1S/C20H12ClFN2O.C13H8ClFN2O.C7H6Br2.CH2O3.2Cs.H/c21-18-10-9-17-19(23-18)16-11-13-14(22)7-4-8-15(13)24(16)20(25-17)12-5-2-1-3-6-12;14-12-5-4-11(18)13(17-12)10-6-7-8(15)2-1-3-9(7)16-10;8-7(9)6-4-2-1-3-5-6;2-1-4-3;;;/h1-11,20H;1-6,16,18H;1-5,7H;1,3H;;;/q;;;;2*+1;-1/p-1. The molecule has 0 saturated heterocycles. The van der Waals surface area contributed by atoms with Gasteiger partial charge in [0, 0.05) is 21.9 Å². The van der Waals surface area contributed by atoms with Crippen LogP contribution in [0.2, 0.25) is 10.3 Å². The number of halogens is 6. The Morgan fingerprint density at radius 3 is 2.00 bits per heavy atom. The number of alkyl halides is 2. The monoisotopic (exact) mass is 1190 g/mol. The summed E-state index contributed by atoms with van der Waals surface area (Å²) in [6.45, 7) is -0.181. The van der Waals surface area contributed by atoms with E-state index in [1.165, 1.54) is 29.8 Å². The van der Waals surface area contributed by atoms with E-state index in [-0.39, 0.29) is 172 Å². The predicted octanol–water partition coefficient (Wildman–Crippen LogP) is 5.19. The molecule has 4 aromatic carbocycles. The number of hydrogen-bond acceptors (Lipinski definition) is 7. The number of hydrogen-bond donors (Lipinski definition) is 2. The molecule has 0 spiro atoms. The first kappa shape index (κ1) is 49.4. The van der Waals surface area contributed by atoms with Crippen LogP contribution in [-0.4, -0.2) is 31.1 Å². The quantitative estimate of drug-likeness (QED) is 0.0818. The Hall–Kier alpha value is -1.21. The Balaban J connectivity index is 0.000000240. The van der Waals surface area contributed by atoms with Crippen molar-refractivity contribution >= 4 is 83.3 Å². The number of rotatable bonds is 4.